The average Bonchev–Trinajstić information content (AvgIpc) is 3.26. The largest absolute Gasteiger partial charge is 0.465 e. The summed E-state index contributed by atoms with van der Waals surface area (Å²) in [6.45, 7) is 0.531. The lowest BCUT2D eigenvalue weighted by atomic mass is 9.97. The molecule has 2 heterocycles. The molecular weight excluding hydrogens is 436 g/mol. The van der Waals surface area contributed by atoms with E-state index in [1.54, 1.807) is 23.6 Å². The molecule has 0 aliphatic carbocycles. The van der Waals surface area contributed by atoms with Crippen molar-refractivity contribution in [3.63, 3.8) is 0 Å². The van der Waals surface area contributed by atoms with Gasteiger partial charge in [-0.05, 0) is 47.2 Å². The molecule has 1 aliphatic heterocycles. The number of nitrogens with one attached hydrogen (secondary N) is 1. The van der Waals surface area contributed by atoms with E-state index in [1.165, 1.54) is 22.8 Å². The molecular formula is C22H22N2O5S2. The molecule has 1 fully saturated rings. The standard InChI is InChI=1S/C22H22N2O5S2/c1-29-22(26)19-10-13-30-21(19)23-20(25)16-8-11-24(12-9-16)31(27,28)18-7-6-15-4-2-3-5-17(15)14-18/h2-7,10,13-14,16H,8-9,11-12H2,1H3,(H,23,25). The van der Waals surface area contributed by atoms with Crippen LogP contribution in [0.3, 0.4) is 0 Å². The van der Waals surface area contributed by atoms with E-state index in [4.69, 9.17) is 4.74 Å². The Morgan fingerprint density at radius 3 is 2.48 bits per heavy atom. The van der Waals surface area contributed by atoms with Gasteiger partial charge in [-0.1, -0.05) is 30.3 Å². The quantitative estimate of drug-likeness (QED) is 0.588. The molecule has 1 N–H and O–H groups in total. The van der Waals surface area contributed by atoms with Crippen molar-refractivity contribution in [1.29, 1.82) is 0 Å². The van der Waals surface area contributed by atoms with Gasteiger partial charge in [-0.15, -0.1) is 11.3 Å². The normalized spacial score (nSPS) is 15.6. The number of anilines is 1. The molecule has 0 spiro atoms. The van der Waals surface area contributed by atoms with Crippen molar-refractivity contribution in [2.75, 3.05) is 25.5 Å². The van der Waals surface area contributed by atoms with Gasteiger partial charge < -0.3 is 10.1 Å². The molecule has 0 bridgehead atoms. The molecule has 0 unspecified atom stereocenters. The number of methoxy groups -OCH3 is 1. The van der Waals surface area contributed by atoms with Gasteiger partial charge in [-0.2, -0.15) is 4.31 Å². The van der Waals surface area contributed by atoms with Gasteiger partial charge in [0.1, 0.15) is 5.00 Å². The minimum atomic E-state index is -3.63. The highest BCUT2D eigenvalue weighted by atomic mass is 32.2. The molecule has 1 amide bonds. The monoisotopic (exact) mass is 458 g/mol. The van der Waals surface area contributed by atoms with Gasteiger partial charge in [0.25, 0.3) is 0 Å². The zero-order valence-electron chi connectivity index (χ0n) is 16.9. The van der Waals surface area contributed by atoms with Crippen molar-refractivity contribution in [1.82, 2.24) is 4.31 Å². The number of carbonyl (C=O) groups is 2. The molecule has 0 saturated carbocycles. The molecule has 1 saturated heterocycles. The summed E-state index contributed by atoms with van der Waals surface area (Å²) in [4.78, 5) is 24.7. The third kappa shape index (κ3) is 4.34. The van der Waals surface area contributed by atoms with E-state index in [-0.39, 0.29) is 29.8 Å². The number of fused-ring (bicyclic) bond motifs is 1. The molecule has 0 atom stereocenters. The molecule has 9 heteroatoms. The highest BCUT2D eigenvalue weighted by Crippen LogP contribution is 2.29. The van der Waals surface area contributed by atoms with Gasteiger partial charge in [0, 0.05) is 19.0 Å². The molecule has 31 heavy (non-hydrogen) atoms. The molecule has 7 nitrogen and oxygen atoms in total. The topological polar surface area (TPSA) is 92.8 Å². The summed E-state index contributed by atoms with van der Waals surface area (Å²) in [6, 6.07) is 14.3. The Morgan fingerprint density at radius 1 is 1.06 bits per heavy atom. The number of esters is 1. The predicted octanol–water partition coefficient (Wildman–Crippen LogP) is 3.73. The maximum atomic E-state index is 13.1. The van der Waals surface area contributed by atoms with Crippen molar-refractivity contribution in [2.45, 2.75) is 17.7 Å². The van der Waals surface area contributed by atoms with E-state index in [9.17, 15) is 18.0 Å². The van der Waals surface area contributed by atoms with Crippen molar-refractivity contribution in [2.24, 2.45) is 5.92 Å². The summed E-state index contributed by atoms with van der Waals surface area (Å²) in [5.41, 5.74) is 0.317. The number of sulfonamides is 1. The van der Waals surface area contributed by atoms with Crippen LogP contribution in [-0.2, 0) is 19.6 Å². The summed E-state index contributed by atoms with van der Waals surface area (Å²) >= 11 is 1.25. The summed E-state index contributed by atoms with van der Waals surface area (Å²) in [5.74, 6) is -1.04. The van der Waals surface area contributed by atoms with Crippen LogP contribution in [0.1, 0.15) is 23.2 Å². The van der Waals surface area contributed by atoms with Crippen molar-refractivity contribution in [3.8, 4) is 0 Å². The first kappa shape index (κ1) is 21.5. The minimum absolute atomic E-state index is 0.213. The molecule has 2 aromatic carbocycles. The second-order valence-electron chi connectivity index (χ2n) is 7.33. The number of ether oxygens (including phenoxy) is 1. The summed E-state index contributed by atoms with van der Waals surface area (Å²) < 4.78 is 32.3. The van der Waals surface area contributed by atoms with Crippen LogP contribution in [0, 0.1) is 5.92 Å². The average molecular weight is 459 g/mol. The molecule has 4 rings (SSSR count). The van der Waals surface area contributed by atoms with Crippen LogP contribution in [0.4, 0.5) is 5.00 Å². The maximum absolute atomic E-state index is 13.1. The van der Waals surface area contributed by atoms with Crippen LogP contribution in [0.25, 0.3) is 10.8 Å². The molecule has 3 aromatic rings. The zero-order valence-corrected chi connectivity index (χ0v) is 18.5. The highest BCUT2D eigenvalue weighted by Gasteiger charge is 2.32. The first-order valence-electron chi connectivity index (χ1n) is 9.86. The Kier molecular flexibility index (Phi) is 6.08. The van der Waals surface area contributed by atoms with Crippen LogP contribution in [0.2, 0.25) is 0 Å². The Labute approximate surface area is 184 Å². The second kappa shape index (κ2) is 8.78. The fourth-order valence-corrected chi connectivity index (χ4v) is 6.01. The maximum Gasteiger partial charge on any atom is 0.340 e. The first-order valence-corrected chi connectivity index (χ1v) is 12.2. The highest BCUT2D eigenvalue weighted by molar-refractivity contribution is 7.89. The SMILES string of the molecule is COC(=O)c1ccsc1NC(=O)C1CCN(S(=O)(=O)c2ccc3ccccc3c2)CC1. The van der Waals surface area contributed by atoms with Crippen LogP contribution in [0.15, 0.2) is 58.8 Å². The molecule has 1 aliphatic rings. The fraction of sp³-hybridized carbons (Fsp3) is 0.273. The van der Waals surface area contributed by atoms with Gasteiger partial charge in [0.05, 0.1) is 17.6 Å². The Balaban J connectivity index is 1.42. The van der Waals surface area contributed by atoms with Gasteiger partial charge >= 0.3 is 5.97 Å². The third-order valence-corrected chi connectivity index (χ3v) is 8.22. The van der Waals surface area contributed by atoms with Crippen LogP contribution < -0.4 is 5.32 Å². The Morgan fingerprint density at radius 2 is 1.77 bits per heavy atom. The summed E-state index contributed by atoms with van der Waals surface area (Å²) in [6.07, 6.45) is 0.829. The first-order chi connectivity index (χ1) is 14.9. The van der Waals surface area contributed by atoms with Crippen LogP contribution in [-0.4, -0.2) is 44.8 Å². The summed E-state index contributed by atoms with van der Waals surface area (Å²) in [5, 5.41) is 6.80. The van der Waals surface area contributed by atoms with Crippen molar-refractivity contribution < 1.29 is 22.7 Å². The lowest BCUT2D eigenvalue weighted by molar-refractivity contribution is -0.120. The minimum Gasteiger partial charge on any atom is -0.465 e. The Hall–Kier alpha value is -2.75. The number of amides is 1. The van der Waals surface area contributed by atoms with E-state index in [2.05, 4.69) is 5.32 Å². The van der Waals surface area contributed by atoms with E-state index in [0.717, 1.165) is 10.8 Å². The fourth-order valence-electron chi connectivity index (χ4n) is 3.73. The van der Waals surface area contributed by atoms with Crippen LogP contribution >= 0.6 is 11.3 Å². The number of thiophene rings is 1. The number of benzene rings is 2. The van der Waals surface area contributed by atoms with Gasteiger partial charge in [-0.25, -0.2) is 13.2 Å². The predicted molar refractivity (Wildman–Crippen MR) is 120 cm³/mol. The van der Waals surface area contributed by atoms with Gasteiger partial charge in [0.2, 0.25) is 15.9 Å². The van der Waals surface area contributed by atoms with Crippen molar-refractivity contribution >= 4 is 49.0 Å². The van der Waals surface area contributed by atoms with E-state index in [1.807, 2.05) is 30.3 Å². The molecule has 1 aromatic heterocycles. The van der Waals surface area contributed by atoms with Gasteiger partial charge in [-0.3, -0.25) is 4.79 Å². The number of carbonyl (C=O) groups excluding carboxylic acids is 2. The third-order valence-electron chi connectivity index (χ3n) is 5.49. The Bertz CT molecular complexity index is 1230. The number of nitrogens with zero attached hydrogens (tertiary/aromatic N) is 1. The second-order valence-corrected chi connectivity index (χ2v) is 10.2. The number of hydrogen-bond acceptors (Lipinski definition) is 6. The van der Waals surface area contributed by atoms with Crippen molar-refractivity contribution in [3.05, 3.63) is 59.5 Å². The summed E-state index contributed by atoms with van der Waals surface area (Å²) in [7, 11) is -2.34. The zero-order chi connectivity index (χ0) is 22.0. The van der Waals surface area contributed by atoms with E-state index in [0.29, 0.717) is 23.4 Å². The van der Waals surface area contributed by atoms with E-state index >= 15 is 0 Å². The lowest BCUT2D eigenvalue weighted by Gasteiger charge is -2.30. The number of rotatable bonds is 5. The van der Waals surface area contributed by atoms with Crippen LogP contribution in [0.5, 0.6) is 0 Å². The number of piperidine rings is 1. The molecule has 0 radical (unpaired) electrons. The lowest BCUT2D eigenvalue weighted by Crippen LogP contribution is -2.41. The smallest absolute Gasteiger partial charge is 0.340 e. The van der Waals surface area contributed by atoms with Gasteiger partial charge in [0.15, 0.2) is 0 Å². The molecule has 162 valence electrons. The number of hydrogen-bond donors (Lipinski definition) is 1. The van der Waals surface area contributed by atoms with E-state index < -0.39 is 16.0 Å².